The minimum atomic E-state index is -0.934. The highest BCUT2D eigenvalue weighted by Gasteiger charge is 2.29. The fourth-order valence-electron chi connectivity index (χ4n) is 2.47. The molecule has 1 aliphatic rings. The van der Waals surface area contributed by atoms with Crippen LogP contribution >= 0.6 is 0 Å². The maximum Gasteiger partial charge on any atom is 0.317 e. The fraction of sp³-hybridized carbons (Fsp3) is 0.786. The summed E-state index contributed by atoms with van der Waals surface area (Å²) in [6, 6.07) is -0.695. The van der Waals surface area contributed by atoms with Crippen LogP contribution in [0.5, 0.6) is 0 Å². The van der Waals surface area contributed by atoms with E-state index in [0.29, 0.717) is 13.1 Å². The summed E-state index contributed by atoms with van der Waals surface area (Å²) in [6.45, 7) is 4.72. The van der Waals surface area contributed by atoms with Gasteiger partial charge in [0.2, 0.25) is 5.91 Å². The quantitative estimate of drug-likeness (QED) is 0.694. The standard InChI is InChI=1S/C14H25N3O4/c1-9(2)11(7-12(18)19)16-14(21)17-6-4-5-10(8-17)13(20)15-3/h9-11H,4-8H2,1-3H3,(H,15,20)(H,16,21)(H,18,19). The molecule has 0 aliphatic carbocycles. The number of carboxylic acids is 1. The summed E-state index contributed by atoms with van der Waals surface area (Å²) in [7, 11) is 1.59. The van der Waals surface area contributed by atoms with E-state index in [-0.39, 0.29) is 30.2 Å². The van der Waals surface area contributed by atoms with Crippen LogP contribution < -0.4 is 10.6 Å². The van der Waals surface area contributed by atoms with Crippen LogP contribution in [0, 0.1) is 11.8 Å². The molecule has 3 amide bonds. The van der Waals surface area contributed by atoms with Crippen molar-refractivity contribution in [1.82, 2.24) is 15.5 Å². The van der Waals surface area contributed by atoms with Crippen LogP contribution in [0.4, 0.5) is 4.79 Å². The Morgan fingerprint density at radius 2 is 2.00 bits per heavy atom. The molecule has 0 radical (unpaired) electrons. The van der Waals surface area contributed by atoms with Gasteiger partial charge in [-0.3, -0.25) is 9.59 Å². The molecule has 0 aromatic rings. The zero-order valence-corrected chi connectivity index (χ0v) is 12.9. The lowest BCUT2D eigenvalue weighted by Crippen LogP contribution is -2.52. The number of hydrogen-bond donors (Lipinski definition) is 3. The van der Waals surface area contributed by atoms with E-state index in [4.69, 9.17) is 5.11 Å². The molecule has 1 heterocycles. The molecule has 1 rings (SSSR count). The van der Waals surface area contributed by atoms with Crippen LogP contribution in [0.25, 0.3) is 0 Å². The number of likely N-dealkylation sites (tertiary alicyclic amines) is 1. The van der Waals surface area contributed by atoms with Gasteiger partial charge in [0, 0.05) is 26.2 Å². The Labute approximate surface area is 125 Å². The third-order valence-electron chi connectivity index (χ3n) is 3.83. The second kappa shape index (κ2) is 7.85. The van der Waals surface area contributed by atoms with Gasteiger partial charge < -0.3 is 20.6 Å². The van der Waals surface area contributed by atoms with Gasteiger partial charge in [0.15, 0.2) is 0 Å². The Bertz CT molecular complexity index is 398. The van der Waals surface area contributed by atoms with Crippen molar-refractivity contribution in [3.05, 3.63) is 0 Å². The molecule has 2 atom stereocenters. The van der Waals surface area contributed by atoms with E-state index >= 15 is 0 Å². The number of carbonyl (C=O) groups excluding carboxylic acids is 2. The summed E-state index contributed by atoms with van der Waals surface area (Å²) >= 11 is 0. The van der Waals surface area contributed by atoms with Gasteiger partial charge in [-0.1, -0.05) is 13.8 Å². The molecule has 120 valence electrons. The van der Waals surface area contributed by atoms with Gasteiger partial charge in [-0.15, -0.1) is 0 Å². The lowest BCUT2D eigenvalue weighted by molar-refractivity contribution is -0.137. The molecule has 0 spiro atoms. The van der Waals surface area contributed by atoms with E-state index < -0.39 is 12.0 Å². The molecule has 0 aromatic heterocycles. The van der Waals surface area contributed by atoms with Crippen molar-refractivity contribution in [3.63, 3.8) is 0 Å². The van der Waals surface area contributed by atoms with Crippen molar-refractivity contribution in [2.24, 2.45) is 11.8 Å². The largest absolute Gasteiger partial charge is 0.481 e. The highest BCUT2D eigenvalue weighted by Crippen LogP contribution is 2.17. The lowest BCUT2D eigenvalue weighted by Gasteiger charge is -2.33. The molecule has 7 heteroatoms. The highest BCUT2D eigenvalue weighted by atomic mass is 16.4. The van der Waals surface area contributed by atoms with Crippen LogP contribution in [0.1, 0.15) is 33.1 Å². The van der Waals surface area contributed by atoms with Crippen molar-refractivity contribution < 1.29 is 19.5 Å². The third kappa shape index (κ3) is 5.24. The van der Waals surface area contributed by atoms with Gasteiger partial charge in [-0.25, -0.2) is 4.79 Å². The first-order valence-corrected chi connectivity index (χ1v) is 7.34. The predicted molar refractivity (Wildman–Crippen MR) is 77.8 cm³/mol. The normalized spacial score (nSPS) is 20.0. The van der Waals surface area contributed by atoms with Gasteiger partial charge in [-0.2, -0.15) is 0 Å². The number of amides is 3. The van der Waals surface area contributed by atoms with Gasteiger partial charge in [0.1, 0.15) is 0 Å². The van der Waals surface area contributed by atoms with Crippen molar-refractivity contribution in [2.75, 3.05) is 20.1 Å². The summed E-state index contributed by atoms with van der Waals surface area (Å²) in [6.07, 6.45) is 1.44. The molecule has 0 aromatic carbocycles. The van der Waals surface area contributed by atoms with Crippen molar-refractivity contribution in [1.29, 1.82) is 0 Å². The first-order valence-electron chi connectivity index (χ1n) is 7.34. The van der Waals surface area contributed by atoms with E-state index in [1.54, 1.807) is 11.9 Å². The second-order valence-electron chi connectivity index (χ2n) is 5.80. The van der Waals surface area contributed by atoms with Gasteiger partial charge in [0.05, 0.1) is 12.3 Å². The highest BCUT2D eigenvalue weighted by molar-refractivity contribution is 5.81. The molecule has 0 bridgehead atoms. The van der Waals surface area contributed by atoms with Gasteiger partial charge >= 0.3 is 12.0 Å². The van der Waals surface area contributed by atoms with Crippen LogP contribution in [0.3, 0.4) is 0 Å². The average Bonchev–Trinajstić information content (AvgIpc) is 2.45. The fourth-order valence-corrected chi connectivity index (χ4v) is 2.47. The van der Waals surface area contributed by atoms with E-state index in [9.17, 15) is 14.4 Å². The summed E-state index contributed by atoms with van der Waals surface area (Å²) in [4.78, 5) is 36.3. The number of aliphatic carboxylic acids is 1. The number of urea groups is 1. The first kappa shape index (κ1) is 17.3. The zero-order valence-electron chi connectivity index (χ0n) is 12.9. The second-order valence-corrected chi connectivity index (χ2v) is 5.80. The first-order chi connectivity index (χ1) is 9.85. The monoisotopic (exact) mass is 299 g/mol. The van der Waals surface area contributed by atoms with Crippen LogP contribution in [0.2, 0.25) is 0 Å². The van der Waals surface area contributed by atoms with Gasteiger partial charge in [-0.05, 0) is 18.8 Å². The molecule has 1 fully saturated rings. The average molecular weight is 299 g/mol. The SMILES string of the molecule is CNC(=O)C1CCCN(C(=O)NC(CC(=O)O)C(C)C)C1. The number of rotatable bonds is 5. The summed E-state index contributed by atoms with van der Waals surface area (Å²) in [5, 5.41) is 14.3. The molecule has 1 aliphatic heterocycles. The Hall–Kier alpha value is -1.79. The molecule has 21 heavy (non-hydrogen) atoms. The Balaban J connectivity index is 2.60. The van der Waals surface area contributed by atoms with E-state index in [2.05, 4.69) is 10.6 Å². The molecular formula is C14H25N3O4. The topological polar surface area (TPSA) is 98.7 Å². The summed E-state index contributed by atoms with van der Waals surface area (Å²) < 4.78 is 0. The van der Waals surface area contributed by atoms with Crippen molar-refractivity contribution in [3.8, 4) is 0 Å². The number of nitrogens with one attached hydrogen (secondary N) is 2. The zero-order chi connectivity index (χ0) is 16.0. The maximum absolute atomic E-state index is 12.2. The molecule has 1 saturated heterocycles. The van der Waals surface area contributed by atoms with E-state index in [1.807, 2.05) is 13.8 Å². The van der Waals surface area contributed by atoms with Crippen LogP contribution in [-0.4, -0.2) is 54.1 Å². The molecule has 7 nitrogen and oxygen atoms in total. The number of hydrogen-bond acceptors (Lipinski definition) is 3. The van der Waals surface area contributed by atoms with E-state index in [1.165, 1.54) is 0 Å². The molecular weight excluding hydrogens is 274 g/mol. The smallest absolute Gasteiger partial charge is 0.317 e. The number of carboxylic acid groups (broad SMARTS) is 1. The van der Waals surface area contributed by atoms with Crippen LogP contribution in [-0.2, 0) is 9.59 Å². The molecule has 3 N–H and O–H groups in total. The molecule has 2 unspecified atom stereocenters. The minimum absolute atomic E-state index is 0.0320. The minimum Gasteiger partial charge on any atom is -0.481 e. The summed E-state index contributed by atoms with van der Waals surface area (Å²) in [5.74, 6) is -1.15. The lowest BCUT2D eigenvalue weighted by atomic mass is 9.97. The predicted octanol–water partition coefficient (Wildman–Crippen LogP) is 0.653. The Morgan fingerprint density at radius 3 is 2.52 bits per heavy atom. The van der Waals surface area contributed by atoms with Crippen molar-refractivity contribution in [2.45, 2.75) is 39.2 Å². The van der Waals surface area contributed by atoms with Crippen molar-refractivity contribution >= 4 is 17.9 Å². The number of piperidine rings is 1. The Morgan fingerprint density at radius 1 is 1.33 bits per heavy atom. The maximum atomic E-state index is 12.2. The van der Waals surface area contributed by atoms with Gasteiger partial charge in [0.25, 0.3) is 0 Å². The van der Waals surface area contributed by atoms with E-state index in [0.717, 1.165) is 12.8 Å². The third-order valence-corrected chi connectivity index (χ3v) is 3.83. The Kier molecular flexibility index (Phi) is 6.45. The van der Waals surface area contributed by atoms with Crippen LogP contribution in [0.15, 0.2) is 0 Å². The summed E-state index contributed by atoms with van der Waals surface area (Å²) in [5.41, 5.74) is 0. The number of carbonyl (C=O) groups is 3. The molecule has 0 saturated carbocycles. The number of nitrogens with zero attached hydrogens (tertiary/aromatic N) is 1.